The number of amides is 2. The van der Waals surface area contributed by atoms with Gasteiger partial charge in [0.25, 0.3) is 0 Å². The van der Waals surface area contributed by atoms with Gasteiger partial charge < -0.3 is 20.4 Å². The Bertz CT molecular complexity index is 469. The Labute approximate surface area is 131 Å². The first kappa shape index (κ1) is 17.1. The summed E-state index contributed by atoms with van der Waals surface area (Å²) in [6, 6.07) is -0.229. The largest absolute Gasteiger partial charge is 0.481 e. The van der Waals surface area contributed by atoms with Crippen LogP contribution < -0.4 is 5.32 Å². The lowest BCUT2D eigenvalue weighted by Crippen LogP contribution is -2.50. The number of likely N-dealkylation sites (tertiary alicyclic amines) is 1. The van der Waals surface area contributed by atoms with Crippen LogP contribution >= 0.6 is 0 Å². The zero-order valence-electron chi connectivity index (χ0n) is 14.0. The molecule has 2 fully saturated rings. The summed E-state index contributed by atoms with van der Waals surface area (Å²) in [4.78, 5) is 25.6. The fraction of sp³-hybridized carbons (Fsp3) is 0.875. The average molecular weight is 312 g/mol. The van der Waals surface area contributed by atoms with E-state index in [9.17, 15) is 19.8 Å². The Morgan fingerprint density at radius 3 is 2.45 bits per heavy atom. The molecule has 6 nitrogen and oxygen atoms in total. The molecule has 126 valence electrons. The van der Waals surface area contributed by atoms with Crippen molar-refractivity contribution in [2.45, 2.75) is 52.6 Å². The van der Waals surface area contributed by atoms with Crippen molar-refractivity contribution in [3.63, 3.8) is 0 Å². The van der Waals surface area contributed by atoms with Gasteiger partial charge in [0.15, 0.2) is 0 Å². The van der Waals surface area contributed by atoms with Crippen LogP contribution in [0.5, 0.6) is 0 Å². The molecule has 0 bridgehead atoms. The zero-order chi connectivity index (χ0) is 16.8. The van der Waals surface area contributed by atoms with Crippen molar-refractivity contribution in [2.24, 2.45) is 16.7 Å². The molecule has 1 aliphatic carbocycles. The van der Waals surface area contributed by atoms with Gasteiger partial charge >= 0.3 is 12.0 Å². The van der Waals surface area contributed by atoms with Gasteiger partial charge in [-0.3, -0.25) is 4.79 Å². The second kappa shape index (κ2) is 5.41. The molecule has 0 unspecified atom stereocenters. The Balaban J connectivity index is 1.97. The number of carbonyl (C=O) groups is 2. The average Bonchev–Trinajstić information content (AvgIpc) is 2.91. The topological polar surface area (TPSA) is 89.9 Å². The van der Waals surface area contributed by atoms with Crippen LogP contribution in [0.25, 0.3) is 0 Å². The summed E-state index contributed by atoms with van der Waals surface area (Å²) in [5.74, 6) is -0.708. The van der Waals surface area contributed by atoms with Crippen LogP contribution in [0.4, 0.5) is 4.79 Å². The number of rotatable bonds is 4. The maximum Gasteiger partial charge on any atom is 0.317 e. The fourth-order valence-corrected chi connectivity index (χ4v) is 3.42. The van der Waals surface area contributed by atoms with Crippen LogP contribution in [0.2, 0.25) is 0 Å². The van der Waals surface area contributed by atoms with E-state index in [0.717, 1.165) is 12.8 Å². The minimum absolute atomic E-state index is 0.0676. The first-order valence-corrected chi connectivity index (χ1v) is 7.98. The number of aliphatic hydroxyl groups is 1. The van der Waals surface area contributed by atoms with Gasteiger partial charge in [-0.25, -0.2) is 4.79 Å². The summed E-state index contributed by atoms with van der Waals surface area (Å²) in [7, 11) is 0. The van der Waals surface area contributed by atoms with E-state index in [-0.39, 0.29) is 11.9 Å². The van der Waals surface area contributed by atoms with Crippen LogP contribution in [0.1, 0.15) is 47.0 Å². The Hall–Kier alpha value is -1.30. The van der Waals surface area contributed by atoms with Crippen molar-refractivity contribution in [1.82, 2.24) is 10.2 Å². The molecule has 0 spiro atoms. The highest BCUT2D eigenvalue weighted by Crippen LogP contribution is 2.48. The van der Waals surface area contributed by atoms with Crippen molar-refractivity contribution in [2.75, 3.05) is 19.6 Å². The number of aliphatic carboxylic acids is 1. The number of urea groups is 1. The summed E-state index contributed by atoms with van der Waals surface area (Å²) in [6.45, 7) is 8.38. The second-order valence-electron chi connectivity index (χ2n) is 8.03. The van der Waals surface area contributed by atoms with Crippen LogP contribution in [-0.4, -0.2) is 52.3 Å². The van der Waals surface area contributed by atoms with Crippen molar-refractivity contribution in [3.8, 4) is 0 Å². The van der Waals surface area contributed by atoms with Crippen molar-refractivity contribution in [3.05, 3.63) is 0 Å². The first-order valence-electron chi connectivity index (χ1n) is 7.98. The highest BCUT2D eigenvalue weighted by Gasteiger charge is 2.55. The number of carboxylic acids is 1. The highest BCUT2D eigenvalue weighted by molar-refractivity contribution is 5.80. The number of hydrogen-bond donors (Lipinski definition) is 3. The fourth-order valence-electron chi connectivity index (χ4n) is 3.42. The van der Waals surface area contributed by atoms with Gasteiger partial charge in [-0.05, 0) is 32.6 Å². The number of nitrogens with zero attached hydrogens (tertiary/aromatic N) is 1. The molecule has 2 atom stereocenters. The molecule has 1 saturated carbocycles. The van der Waals surface area contributed by atoms with E-state index in [1.807, 2.05) is 13.8 Å². The standard InChI is InChI=1S/C16H28N2O4/c1-14(2,15(3,4)22)9-17-13(21)18-8-11-6-5-7-16(11,10-18)12(19)20/h11,22H,5-10H2,1-4H3,(H,17,21)(H,19,20)/t11-,16+/m0/s1. The normalized spacial score (nSPS) is 28.6. The number of nitrogens with one attached hydrogen (secondary N) is 1. The molecule has 1 heterocycles. The predicted octanol–water partition coefficient (Wildman–Crippen LogP) is 1.68. The molecular weight excluding hydrogens is 284 g/mol. The van der Waals surface area contributed by atoms with Gasteiger partial charge in [-0.2, -0.15) is 0 Å². The van der Waals surface area contributed by atoms with Crippen LogP contribution in [0.3, 0.4) is 0 Å². The maximum absolute atomic E-state index is 12.4. The third kappa shape index (κ3) is 2.81. The van der Waals surface area contributed by atoms with Gasteiger partial charge in [0.05, 0.1) is 11.0 Å². The quantitative estimate of drug-likeness (QED) is 0.737. The van der Waals surface area contributed by atoms with Crippen molar-refractivity contribution in [1.29, 1.82) is 0 Å². The Morgan fingerprint density at radius 1 is 1.32 bits per heavy atom. The van der Waals surface area contributed by atoms with Crippen molar-refractivity contribution >= 4 is 12.0 Å². The van der Waals surface area contributed by atoms with Crippen LogP contribution in [0, 0.1) is 16.7 Å². The lowest BCUT2D eigenvalue weighted by molar-refractivity contribution is -0.149. The van der Waals surface area contributed by atoms with Gasteiger partial charge in [-0.15, -0.1) is 0 Å². The molecule has 3 N–H and O–H groups in total. The molecule has 2 rings (SSSR count). The summed E-state index contributed by atoms with van der Waals surface area (Å²) >= 11 is 0. The molecule has 6 heteroatoms. The number of carbonyl (C=O) groups excluding carboxylic acids is 1. The summed E-state index contributed by atoms with van der Waals surface area (Å²) in [5, 5.41) is 22.5. The Kier molecular flexibility index (Phi) is 4.19. The molecule has 0 aromatic heterocycles. The molecule has 22 heavy (non-hydrogen) atoms. The minimum atomic E-state index is -0.913. The van der Waals surface area contributed by atoms with Gasteiger partial charge in [-0.1, -0.05) is 20.3 Å². The monoisotopic (exact) mass is 312 g/mol. The lowest BCUT2D eigenvalue weighted by atomic mass is 9.77. The van der Waals surface area contributed by atoms with Gasteiger partial charge in [0.2, 0.25) is 0 Å². The predicted molar refractivity (Wildman–Crippen MR) is 82.5 cm³/mol. The summed E-state index contributed by atoms with van der Waals surface area (Å²) in [5.41, 5.74) is -2.13. The zero-order valence-corrected chi connectivity index (χ0v) is 14.0. The highest BCUT2D eigenvalue weighted by atomic mass is 16.4. The first-order chi connectivity index (χ1) is 9.99. The summed E-state index contributed by atoms with van der Waals surface area (Å²) < 4.78 is 0. The molecule has 0 radical (unpaired) electrons. The van der Waals surface area contributed by atoms with Crippen LogP contribution in [-0.2, 0) is 4.79 Å². The van der Waals surface area contributed by atoms with Gasteiger partial charge in [0, 0.05) is 25.0 Å². The third-order valence-electron chi connectivity index (χ3n) is 5.92. The lowest BCUT2D eigenvalue weighted by Gasteiger charge is -2.37. The van der Waals surface area contributed by atoms with E-state index in [0.29, 0.717) is 26.1 Å². The molecule has 0 aromatic carbocycles. The molecule has 0 aromatic rings. The smallest absolute Gasteiger partial charge is 0.317 e. The van der Waals surface area contributed by atoms with E-state index in [2.05, 4.69) is 5.32 Å². The number of carboxylic acid groups (broad SMARTS) is 1. The van der Waals surface area contributed by atoms with Crippen molar-refractivity contribution < 1.29 is 19.8 Å². The molecule has 2 amide bonds. The second-order valence-corrected chi connectivity index (χ2v) is 8.03. The number of hydrogen-bond acceptors (Lipinski definition) is 3. The molecule has 2 aliphatic rings. The summed E-state index contributed by atoms with van der Waals surface area (Å²) in [6.07, 6.45) is 2.47. The van der Waals surface area contributed by atoms with E-state index in [1.54, 1.807) is 18.7 Å². The van der Waals surface area contributed by atoms with Crippen LogP contribution in [0.15, 0.2) is 0 Å². The van der Waals surface area contributed by atoms with E-state index in [1.165, 1.54) is 0 Å². The SMILES string of the molecule is CC(C)(O)C(C)(C)CNC(=O)N1C[C@@H]2CCC[C@@]2(C(=O)O)C1. The van der Waals surface area contributed by atoms with E-state index in [4.69, 9.17) is 0 Å². The molecular formula is C16H28N2O4. The van der Waals surface area contributed by atoms with Gasteiger partial charge in [0.1, 0.15) is 0 Å². The maximum atomic E-state index is 12.4. The Morgan fingerprint density at radius 2 is 1.95 bits per heavy atom. The minimum Gasteiger partial charge on any atom is -0.481 e. The third-order valence-corrected chi connectivity index (χ3v) is 5.92. The van der Waals surface area contributed by atoms with E-state index < -0.39 is 22.4 Å². The number of fused-ring (bicyclic) bond motifs is 1. The molecule has 1 aliphatic heterocycles. The van der Waals surface area contributed by atoms with E-state index >= 15 is 0 Å². The molecule has 1 saturated heterocycles.